The highest BCUT2D eigenvalue weighted by atomic mass is 16.5. The second-order valence-electron chi connectivity index (χ2n) is 5.30. The highest BCUT2D eigenvalue weighted by Crippen LogP contribution is 2.21. The van der Waals surface area contributed by atoms with Crippen molar-refractivity contribution in [2.45, 2.75) is 51.6 Å². The summed E-state index contributed by atoms with van der Waals surface area (Å²) in [6.07, 6.45) is 2.91. The number of aromatic nitrogens is 2. The van der Waals surface area contributed by atoms with Crippen LogP contribution in [0.15, 0.2) is 4.52 Å². The molecular formula is C12H20N4O2. The van der Waals surface area contributed by atoms with Gasteiger partial charge in [-0.2, -0.15) is 4.98 Å². The highest BCUT2D eigenvalue weighted by molar-refractivity contribution is 5.90. The average Bonchev–Trinajstić information content (AvgIpc) is 2.99. The van der Waals surface area contributed by atoms with Gasteiger partial charge >= 0.3 is 0 Å². The smallest absolute Gasteiger partial charge is 0.293 e. The first-order chi connectivity index (χ1) is 8.52. The first-order valence-corrected chi connectivity index (χ1v) is 6.41. The maximum Gasteiger partial charge on any atom is 0.293 e. The molecule has 1 unspecified atom stereocenters. The molecule has 1 atom stereocenters. The molecule has 0 aliphatic carbocycles. The number of carbonyl (C=O) groups excluding carboxylic acids is 1. The van der Waals surface area contributed by atoms with Crippen LogP contribution >= 0.6 is 0 Å². The second-order valence-corrected chi connectivity index (χ2v) is 5.30. The molecule has 2 N–H and O–H groups in total. The molecule has 0 bridgehead atoms. The lowest BCUT2D eigenvalue weighted by Crippen LogP contribution is -2.43. The largest absolute Gasteiger partial charge is 0.344 e. The van der Waals surface area contributed by atoms with Crippen LogP contribution in [-0.2, 0) is 0 Å². The highest BCUT2D eigenvalue weighted by Gasteiger charge is 2.26. The van der Waals surface area contributed by atoms with E-state index in [0.717, 1.165) is 25.8 Å². The molecule has 6 nitrogen and oxygen atoms in total. The number of rotatable bonds is 4. The third-order valence-electron chi connectivity index (χ3n) is 3.34. The van der Waals surface area contributed by atoms with Crippen molar-refractivity contribution in [3.63, 3.8) is 0 Å². The fourth-order valence-corrected chi connectivity index (χ4v) is 1.82. The van der Waals surface area contributed by atoms with Crippen molar-refractivity contribution < 1.29 is 9.32 Å². The monoisotopic (exact) mass is 252 g/mol. The lowest BCUT2D eigenvalue weighted by molar-refractivity contribution is 0.0897. The molecular weight excluding hydrogens is 232 g/mol. The van der Waals surface area contributed by atoms with Crippen LogP contribution in [0.5, 0.6) is 0 Å². The molecule has 0 saturated carbocycles. The van der Waals surface area contributed by atoms with Crippen molar-refractivity contribution in [1.82, 2.24) is 20.8 Å². The Bertz CT molecular complexity index is 421. The van der Waals surface area contributed by atoms with Gasteiger partial charge in [0.2, 0.25) is 5.89 Å². The lowest BCUT2D eigenvalue weighted by atomic mass is 10.0. The Hall–Kier alpha value is -1.43. The van der Waals surface area contributed by atoms with Crippen LogP contribution in [0.25, 0.3) is 0 Å². The molecule has 2 rings (SSSR count). The Balaban J connectivity index is 2.03. The van der Waals surface area contributed by atoms with Gasteiger partial charge in [-0.25, -0.2) is 0 Å². The third kappa shape index (κ3) is 2.87. The first kappa shape index (κ1) is 13.0. The van der Waals surface area contributed by atoms with E-state index in [4.69, 9.17) is 4.52 Å². The van der Waals surface area contributed by atoms with Gasteiger partial charge < -0.3 is 15.2 Å². The summed E-state index contributed by atoms with van der Waals surface area (Å²) in [5.74, 6) is 0.335. The number of nitrogens with zero attached hydrogens (tertiary/aromatic N) is 2. The SMILES string of the molecule is CCC(C)(C)NC(=O)c1noc(C2CCCN2)n1. The summed E-state index contributed by atoms with van der Waals surface area (Å²) in [6, 6.07) is 0.0956. The molecule has 2 heterocycles. The van der Waals surface area contributed by atoms with Gasteiger partial charge in [0.25, 0.3) is 11.7 Å². The fraction of sp³-hybridized carbons (Fsp3) is 0.750. The van der Waals surface area contributed by atoms with E-state index in [0.29, 0.717) is 5.89 Å². The maximum absolute atomic E-state index is 11.9. The fourth-order valence-electron chi connectivity index (χ4n) is 1.82. The average molecular weight is 252 g/mol. The number of amides is 1. The molecule has 1 aromatic rings. The van der Waals surface area contributed by atoms with Crippen LogP contribution in [0, 0.1) is 0 Å². The zero-order valence-electron chi connectivity index (χ0n) is 11.1. The molecule has 0 spiro atoms. The Morgan fingerprint density at radius 2 is 2.39 bits per heavy atom. The van der Waals surface area contributed by atoms with E-state index >= 15 is 0 Å². The van der Waals surface area contributed by atoms with Crippen LogP contribution in [0.3, 0.4) is 0 Å². The quantitative estimate of drug-likeness (QED) is 0.847. The number of carbonyl (C=O) groups is 1. The van der Waals surface area contributed by atoms with Gasteiger partial charge in [0, 0.05) is 5.54 Å². The van der Waals surface area contributed by atoms with E-state index < -0.39 is 0 Å². The van der Waals surface area contributed by atoms with Crippen molar-refractivity contribution in [3.8, 4) is 0 Å². The minimum Gasteiger partial charge on any atom is -0.344 e. The van der Waals surface area contributed by atoms with Crippen molar-refractivity contribution in [3.05, 3.63) is 11.7 Å². The topological polar surface area (TPSA) is 80.0 Å². The number of hydrogen-bond acceptors (Lipinski definition) is 5. The van der Waals surface area contributed by atoms with Crippen molar-refractivity contribution >= 4 is 5.91 Å². The summed E-state index contributed by atoms with van der Waals surface area (Å²) < 4.78 is 5.13. The normalized spacial score (nSPS) is 20.1. The van der Waals surface area contributed by atoms with Crippen molar-refractivity contribution in [1.29, 1.82) is 0 Å². The minimum absolute atomic E-state index is 0.0956. The Morgan fingerprint density at radius 1 is 1.61 bits per heavy atom. The first-order valence-electron chi connectivity index (χ1n) is 6.41. The predicted molar refractivity (Wildman–Crippen MR) is 66.1 cm³/mol. The van der Waals surface area contributed by atoms with E-state index in [-0.39, 0.29) is 23.3 Å². The number of nitrogens with one attached hydrogen (secondary N) is 2. The molecule has 1 aliphatic heterocycles. The van der Waals surface area contributed by atoms with Gasteiger partial charge in [0.15, 0.2) is 0 Å². The standard InChI is InChI=1S/C12H20N4O2/c1-4-12(2,3)15-10(17)9-14-11(18-16-9)8-6-5-7-13-8/h8,13H,4-7H2,1-3H3,(H,15,17). The van der Waals surface area contributed by atoms with Gasteiger partial charge in [-0.05, 0) is 39.7 Å². The molecule has 18 heavy (non-hydrogen) atoms. The van der Waals surface area contributed by atoms with Crippen molar-refractivity contribution in [2.75, 3.05) is 6.54 Å². The molecule has 1 saturated heterocycles. The maximum atomic E-state index is 11.9. The molecule has 6 heteroatoms. The van der Waals surface area contributed by atoms with Gasteiger partial charge in [-0.3, -0.25) is 4.79 Å². The summed E-state index contributed by atoms with van der Waals surface area (Å²) in [5, 5.41) is 9.88. The van der Waals surface area contributed by atoms with Crippen LogP contribution < -0.4 is 10.6 Å². The zero-order chi connectivity index (χ0) is 13.2. The summed E-state index contributed by atoms with van der Waals surface area (Å²) in [7, 11) is 0. The van der Waals surface area contributed by atoms with E-state index in [1.165, 1.54) is 0 Å². The van der Waals surface area contributed by atoms with Crippen molar-refractivity contribution in [2.24, 2.45) is 0 Å². The summed E-state index contributed by atoms with van der Waals surface area (Å²) >= 11 is 0. The molecule has 1 fully saturated rings. The van der Waals surface area contributed by atoms with E-state index in [1.807, 2.05) is 20.8 Å². The van der Waals surface area contributed by atoms with Gasteiger partial charge in [0.1, 0.15) is 0 Å². The Morgan fingerprint density at radius 3 is 3.00 bits per heavy atom. The van der Waals surface area contributed by atoms with Gasteiger partial charge in [-0.1, -0.05) is 12.1 Å². The predicted octanol–water partition coefficient (Wildman–Crippen LogP) is 1.41. The Labute approximate surface area is 107 Å². The van der Waals surface area contributed by atoms with Gasteiger partial charge in [0.05, 0.1) is 6.04 Å². The molecule has 100 valence electrons. The summed E-state index contributed by atoms with van der Waals surface area (Å²) in [6.45, 7) is 6.90. The van der Waals surface area contributed by atoms with Gasteiger partial charge in [-0.15, -0.1) is 0 Å². The molecule has 1 amide bonds. The summed E-state index contributed by atoms with van der Waals surface area (Å²) in [4.78, 5) is 16.1. The second kappa shape index (κ2) is 5.06. The molecule has 0 aromatic carbocycles. The third-order valence-corrected chi connectivity index (χ3v) is 3.34. The van der Waals surface area contributed by atoms with Crippen LogP contribution in [0.1, 0.15) is 62.6 Å². The van der Waals surface area contributed by atoms with E-state index in [9.17, 15) is 4.79 Å². The lowest BCUT2D eigenvalue weighted by Gasteiger charge is -2.23. The van der Waals surface area contributed by atoms with E-state index in [2.05, 4.69) is 20.8 Å². The molecule has 0 radical (unpaired) electrons. The molecule has 1 aliphatic rings. The summed E-state index contributed by atoms with van der Waals surface area (Å²) in [5.41, 5.74) is -0.260. The number of hydrogen-bond donors (Lipinski definition) is 2. The van der Waals surface area contributed by atoms with Crippen LogP contribution in [-0.4, -0.2) is 28.1 Å². The van der Waals surface area contributed by atoms with Crippen LogP contribution in [0.4, 0.5) is 0 Å². The van der Waals surface area contributed by atoms with Crippen LogP contribution in [0.2, 0.25) is 0 Å². The minimum atomic E-state index is -0.283. The zero-order valence-corrected chi connectivity index (χ0v) is 11.1. The molecule has 1 aromatic heterocycles. The van der Waals surface area contributed by atoms with E-state index in [1.54, 1.807) is 0 Å². The Kier molecular flexibility index (Phi) is 3.65.